The Balaban J connectivity index is 1.48. The number of nitrogens with zero attached hydrogens (tertiary/aromatic N) is 2. The van der Waals surface area contributed by atoms with Crippen LogP contribution in [0.2, 0.25) is 0 Å². The Morgan fingerprint density at radius 1 is 1.21 bits per heavy atom. The molecule has 0 amide bonds. The van der Waals surface area contributed by atoms with E-state index in [1.54, 1.807) is 6.33 Å². The molecule has 1 fully saturated rings. The highest BCUT2D eigenvalue weighted by Gasteiger charge is 2.31. The van der Waals surface area contributed by atoms with Gasteiger partial charge in [0.05, 0.1) is 5.75 Å². The number of hydrogen-bond donors (Lipinski definition) is 0. The Kier molecular flexibility index (Phi) is 5.98. The molecule has 28 heavy (non-hydrogen) atoms. The largest absolute Gasteiger partial charge is 0.462 e. The minimum Gasteiger partial charge on any atom is -0.462 e. The van der Waals surface area contributed by atoms with Crippen molar-refractivity contribution < 1.29 is 9.53 Å². The van der Waals surface area contributed by atoms with E-state index in [9.17, 15) is 4.79 Å². The zero-order chi connectivity index (χ0) is 19.7. The predicted molar refractivity (Wildman–Crippen MR) is 116 cm³/mol. The maximum Gasteiger partial charge on any atom is 0.316 e. The molecule has 1 saturated carbocycles. The van der Waals surface area contributed by atoms with Crippen molar-refractivity contribution in [2.75, 3.05) is 5.75 Å². The molecule has 2 heterocycles. The average molecular weight is 419 g/mol. The van der Waals surface area contributed by atoms with E-state index >= 15 is 0 Å². The van der Waals surface area contributed by atoms with Crippen molar-refractivity contribution in [1.82, 2.24) is 9.97 Å². The topological polar surface area (TPSA) is 52.1 Å². The number of hydrogen-bond acceptors (Lipinski definition) is 6. The lowest BCUT2D eigenvalue weighted by molar-refractivity contribution is -0.147. The summed E-state index contributed by atoms with van der Waals surface area (Å²) in [5.74, 6) is 0.931. The second-order valence-electron chi connectivity index (χ2n) is 9.21. The Hall–Kier alpha value is -1.14. The van der Waals surface area contributed by atoms with E-state index in [0.717, 1.165) is 35.5 Å². The van der Waals surface area contributed by atoms with Crippen molar-refractivity contribution >= 4 is 39.3 Å². The molecule has 2 aromatic rings. The number of ether oxygens (including phenoxy) is 1. The van der Waals surface area contributed by atoms with Crippen molar-refractivity contribution in [3.05, 3.63) is 16.8 Å². The second kappa shape index (κ2) is 8.31. The lowest BCUT2D eigenvalue weighted by Crippen LogP contribution is -2.26. The van der Waals surface area contributed by atoms with Crippen LogP contribution in [0.5, 0.6) is 0 Å². The SMILES string of the molecule is CC(C)(C)C1CCc2c(sc3ncnc(SCC(=O)OC4CCCCC4)c23)C1. The molecular formula is C22H30N2O2S2. The second-order valence-corrected chi connectivity index (χ2v) is 11.3. The zero-order valence-corrected chi connectivity index (χ0v) is 18.8. The standard InChI is InChI=1S/C22H30N2O2S2/c1-22(2,3)14-9-10-16-17(11-14)28-21-19(16)20(23-13-24-21)27-12-18(25)26-15-7-5-4-6-8-15/h13-15H,4-12H2,1-3H3. The van der Waals surface area contributed by atoms with Crippen molar-refractivity contribution in [3.63, 3.8) is 0 Å². The molecule has 0 spiro atoms. The van der Waals surface area contributed by atoms with Gasteiger partial charge in [-0.05, 0) is 61.8 Å². The first-order chi connectivity index (χ1) is 13.4. The number of aryl methyl sites for hydroxylation is 1. The summed E-state index contributed by atoms with van der Waals surface area (Å²) in [7, 11) is 0. The number of thioether (sulfide) groups is 1. The number of aromatic nitrogens is 2. The molecule has 0 aliphatic heterocycles. The molecule has 0 aromatic carbocycles. The minimum absolute atomic E-state index is 0.111. The van der Waals surface area contributed by atoms with Crippen LogP contribution < -0.4 is 0 Å². The van der Waals surface area contributed by atoms with Crippen LogP contribution >= 0.6 is 23.1 Å². The monoisotopic (exact) mass is 418 g/mol. The molecule has 2 aliphatic rings. The fraction of sp³-hybridized carbons (Fsp3) is 0.682. The summed E-state index contributed by atoms with van der Waals surface area (Å²) in [5, 5.41) is 2.13. The quantitative estimate of drug-likeness (QED) is 0.356. The van der Waals surface area contributed by atoms with Crippen LogP contribution in [0.15, 0.2) is 11.4 Å². The van der Waals surface area contributed by atoms with E-state index in [0.29, 0.717) is 17.1 Å². The molecule has 2 aromatic heterocycles. The minimum atomic E-state index is -0.111. The van der Waals surface area contributed by atoms with E-state index < -0.39 is 0 Å². The van der Waals surface area contributed by atoms with Gasteiger partial charge in [-0.2, -0.15) is 0 Å². The van der Waals surface area contributed by atoms with Gasteiger partial charge in [0.25, 0.3) is 0 Å². The highest BCUT2D eigenvalue weighted by molar-refractivity contribution is 8.00. The Labute approximate surface area is 175 Å². The summed E-state index contributed by atoms with van der Waals surface area (Å²) in [5.41, 5.74) is 1.75. The Morgan fingerprint density at radius 3 is 2.75 bits per heavy atom. The summed E-state index contributed by atoms with van der Waals surface area (Å²) in [6.07, 6.45) is 10.8. The normalized spacial score (nSPS) is 20.9. The smallest absolute Gasteiger partial charge is 0.316 e. The van der Waals surface area contributed by atoms with Crippen molar-refractivity contribution in [1.29, 1.82) is 0 Å². The van der Waals surface area contributed by atoms with Crippen molar-refractivity contribution in [2.24, 2.45) is 11.3 Å². The van der Waals surface area contributed by atoms with Crippen LogP contribution in [0.1, 0.15) is 69.7 Å². The third-order valence-electron chi connectivity index (χ3n) is 6.21. The third kappa shape index (κ3) is 4.38. The van der Waals surface area contributed by atoms with Gasteiger partial charge < -0.3 is 4.74 Å². The van der Waals surface area contributed by atoms with Crippen LogP contribution in [0, 0.1) is 11.3 Å². The van der Waals surface area contributed by atoms with E-state index in [4.69, 9.17) is 4.74 Å². The van der Waals surface area contributed by atoms with E-state index in [1.165, 1.54) is 53.3 Å². The molecule has 4 nitrogen and oxygen atoms in total. The van der Waals surface area contributed by atoms with Gasteiger partial charge in [-0.1, -0.05) is 39.0 Å². The number of carbonyl (C=O) groups excluding carboxylic acids is 1. The number of rotatable bonds is 4. The summed E-state index contributed by atoms with van der Waals surface area (Å²) in [6, 6.07) is 0. The highest BCUT2D eigenvalue weighted by atomic mass is 32.2. The van der Waals surface area contributed by atoms with Gasteiger partial charge >= 0.3 is 5.97 Å². The summed E-state index contributed by atoms with van der Waals surface area (Å²) >= 11 is 3.33. The lowest BCUT2D eigenvalue weighted by atomic mass is 9.72. The molecule has 6 heteroatoms. The fourth-order valence-electron chi connectivity index (χ4n) is 4.46. The first-order valence-electron chi connectivity index (χ1n) is 10.5. The van der Waals surface area contributed by atoms with Gasteiger partial charge in [0.2, 0.25) is 0 Å². The molecular weight excluding hydrogens is 388 g/mol. The van der Waals surface area contributed by atoms with Gasteiger partial charge in [0.1, 0.15) is 22.3 Å². The van der Waals surface area contributed by atoms with Crippen LogP contribution in [0.3, 0.4) is 0 Å². The molecule has 0 saturated heterocycles. The summed E-state index contributed by atoms with van der Waals surface area (Å²) in [4.78, 5) is 23.9. The molecule has 0 radical (unpaired) electrons. The van der Waals surface area contributed by atoms with E-state index in [-0.39, 0.29) is 12.1 Å². The number of carbonyl (C=O) groups is 1. The molecule has 1 unspecified atom stereocenters. The summed E-state index contributed by atoms with van der Waals surface area (Å²) < 4.78 is 5.67. The van der Waals surface area contributed by atoms with E-state index in [2.05, 4.69) is 30.7 Å². The van der Waals surface area contributed by atoms with Crippen molar-refractivity contribution in [3.8, 4) is 0 Å². The number of esters is 1. The van der Waals surface area contributed by atoms with Crippen LogP contribution in [0.25, 0.3) is 10.2 Å². The molecule has 0 bridgehead atoms. The molecule has 2 aliphatic carbocycles. The van der Waals surface area contributed by atoms with E-state index in [1.807, 2.05) is 11.3 Å². The Morgan fingerprint density at radius 2 is 2.00 bits per heavy atom. The number of thiophene rings is 1. The van der Waals surface area contributed by atoms with Crippen molar-refractivity contribution in [2.45, 2.75) is 83.3 Å². The molecule has 4 rings (SSSR count). The maximum absolute atomic E-state index is 12.3. The summed E-state index contributed by atoms with van der Waals surface area (Å²) in [6.45, 7) is 7.03. The molecule has 1 atom stereocenters. The number of fused-ring (bicyclic) bond motifs is 3. The Bertz CT molecular complexity index is 850. The van der Waals surface area contributed by atoms with Crippen LogP contribution in [-0.2, 0) is 22.4 Å². The third-order valence-corrected chi connectivity index (χ3v) is 8.34. The van der Waals surface area contributed by atoms with Gasteiger partial charge in [0.15, 0.2) is 0 Å². The molecule has 0 N–H and O–H groups in total. The van der Waals surface area contributed by atoms with Gasteiger partial charge in [-0.25, -0.2) is 9.97 Å². The predicted octanol–water partition coefficient (Wildman–Crippen LogP) is 5.81. The molecule has 152 valence electrons. The zero-order valence-electron chi connectivity index (χ0n) is 17.1. The first-order valence-corrected chi connectivity index (χ1v) is 12.3. The maximum atomic E-state index is 12.3. The fourth-order valence-corrected chi connectivity index (χ4v) is 6.60. The average Bonchev–Trinajstić information content (AvgIpc) is 3.05. The highest BCUT2D eigenvalue weighted by Crippen LogP contribution is 2.44. The van der Waals surface area contributed by atoms with Gasteiger partial charge in [-0.15, -0.1) is 11.3 Å². The van der Waals surface area contributed by atoms with Crippen LogP contribution in [-0.4, -0.2) is 27.8 Å². The van der Waals surface area contributed by atoms with Crippen LogP contribution in [0.4, 0.5) is 0 Å². The first kappa shape index (κ1) is 20.1. The van der Waals surface area contributed by atoms with Gasteiger partial charge in [-0.3, -0.25) is 4.79 Å². The lowest BCUT2D eigenvalue weighted by Gasteiger charge is -2.33. The van der Waals surface area contributed by atoms with Gasteiger partial charge in [0, 0.05) is 10.3 Å².